The second-order valence-corrected chi connectivity index (χ2v) is 5.24. The van der Waals surface area contributed by atoms with Crippen molar-refractivity contribution < 1.29 is 9.47 Å². The van der Waals surface area contributed by atoms with Crippen LogP contribution in [0, 0.1) is 0 Å². The number of aryl methyl sites for hydroxylation is 2. The minimum Gasteiger partial charge on any atom is -0.497 e. The highest BCUT2D eigenvalue weighted by Crippen LogP contribution is 2.14. The van der Waals surface area contributed by atoms with Crippen LogP contribution < -0.4 is 9.47 Å². The average molecular weight is 296 g/mol. The summed E-state index contributed by atoms with van der Waals surface area (Å²) >= 11 is 0. The van der Waals surface area contributed by atoms with E-state index in [1.54, 1.807) is 14.2 Å². The Balaban J connectivity index is 1.66. The topological polar surface area (TPSA) is 18.5 Å². The fraction of sp³-hybridized carbons (Fsp3) is 0.300. The van der Waals surface area contributed by atoms with Crippen LogP contribution in [0.15, 0.2) is 60.7 Å². The molecule has 0 spiro atoms. The Morgan fingerprint density at radius 1 is 0.636 bits per heavy atom. The Bertz CT molecular complexity index is 514. The lowest BCUT2D eigenvalue weighted by molar-refractivity contribution is 0.414. The molecule has 0 bridgehead atoms. The lowest BCUT2D eigenvalue weighted by Gasteiger charge is -2.02. The number of hydrogen-bond donors (Lipinski definition) is 0. The molecule has 0 aromatic heterocycles. The zero-order valence-corrected chi connectivity index (χ0v) is 13.4. The Morgan fingerprint density at radius 3 is 1.32 bits per heavy atom. The van der Waals surface area contributed by atoms with Gasteiger partial charge in [-0.25, -0.2) is 0 Å². The van der Waals surface area contributed by atoms with E-state index in [9.17, 15) is 0 Å². The number of methoxy groups -OCH3 is 2. The molecule has 116 valence electrons. The maximum Gasteiger partial charge on any atom is 0.118 e. The van der Waals surface area contributed by atoms with Crippen molar-refractivity contribution in [2.75, 3.05) is 14.2 Å². The van der Waals surface area contributed by atoms with Gasteiger partial charge in [-0.15, -0.1) is 0 Å². The molecule has 0 amide bonds. The molecule has 0 saturated carbocycles. The first-order valence-electron chi connectivity index (χ1n) is 7.72. The van der Waals surface area contributed by atoms with Gasteiger partial charge >= 0.3 is 0 Å². The molecule has 2 nitrogen and oxygen atoms in total. The fourth-order valence-electron chi connectivity index (χ4n) is 2.32. The zero-order chi connectivity index (χ0) is 15.6. The summed E-state index contributed by atoms with van der Waals surface area (Å²) in [5.74, 6) is 1.83. The van der Waals surface area contributed by atoms with Crippen molar-refractivity contribution in [2.24, 2.45) is 0 Å². The van der Waals surface area contributed by atoms with E-state index in [1.165, 1.54) is 11.1 Å². The Hall–Kier alpha value is -2.22. The maximum atomic E-state index is 5.16. The molecule has 2 heteroatoms. The van der Waals surface area contributed by atoms with E-state index in [0.29, 0.717) is 0 Å². The van der Waals surface area contributed by atoms with Crippen LogP contribution in [0.4, 0.5) is 0 Å². The number of ether oxygens (including phenoxy) is 2. The van der Waals surface area contributed by atoms with Gasteiger partial charge in [0.05, 0.1) is 14.2 Å². The molecule has 0 atom stereocenters. The predicted molar refractivity (Wildman–Crippen MR) is 91.8 cm³/mol. The highest BCUT2D eigenvalue weighted by Gasteiger charge is 1.94. The van der Waals surface area contributed by atoms with Gasteiger partial charge in [0.2, 0.25) is 0 Å². The van der Waals surface area contributed by atoms with Crippen LogP contribution in [0.5, 0.6) is 11.5 Å². The quantitative estimate of drug-likeness (QED) is 0.650. The summed E-state index contributed by atoms with van der Waals surface area (Å²) < 4.78 is 10.3. The first kappa shape index (κ1) is 16.2. The summed E-state index contributed by atoms with van der Waals surface area (Å²) in [5, 5.41) is 0. The predicted octanol–water partition coefficient (Wildman–Crippen LogP) is 4.83. The van der Waals surface area contributed by atoms with Gasteiger partial charge in [0.1, 0.15) is 11.5 Å². The molecule has 0 N–H and O–H groups in total. The van der Waals surface area contributed by atoms with Crippen molar-refractivity contribution in [3.63, 3.8) is 0 Å². The normalized spacial score (nSPS) is 10.8. The van der Waals surface area contributed by atoms with E-state index in [4.69, 9.17) is 9.47 Å². The minimum atomic E-state index is 0.916. The summed E-state index contributed by atoms with van der Waals surface area (Å²) in [6.45, 7) is 0. The maximum absolute atomic E-state index is 5.16. The smallest absolute Gasteiger partial charge is 0.118 e. The van der Waals surface area contributed by atoms with Crippen molar-refractivity contribution in [2.45, 2.75) is 25.7 Å². The Labute approximate surface area is 133 Å². The molecule has 2 aromatic carbocycles. The molecule has 0 radical (unpaired) electrons. The van der Waals surface area contributed by atoms with E-state index in [0.717, 1.165) is 37.2 Å². The summed E-state index contributed by atoms with van der Waals surface area (Å²) in [4.78, 5) is 0. The molecule has 0 unspecified atom stereocenters. The molecule has 0 aliphatic heterocycles. The second-order valence-electron chi connectivity index (χ2n) is 5.24. The molecule has 2 aromatic rings. The second kappa shape index (κ2) is 8.93. The largest absolute Gasteiger partial charge is 0.497 e. The lowest BCUT2D eigenvalue weighted by atomic mass is 10.1. The first-order chi connectivity index (χ1) is 10.8. The highest BCUT2D eigenvalue weighted by atomic mass is 16.5. The number of allylic oxidation sites excluding steroid dienone is 2. The van der Waals surface area contributed by atoms with E-state index in [2.05, 4.69) is 36.4 Å². The van der Waals surface area contributed by atoms with Crippen LogP contribution in [0.25, 0.3) is 0 Å². The molecule has 22 heavy (non-hydrogen) atoms. The van der Waals surface area contributed by atoms with Crippen LogP contribution in [0.1, 0.15) is 24.0 Å². The molecule has 2 rings (SSSR count). The molecular formula is C20H24O2. The van der Waals surface area contributed by atoms with E-state index in [-0.39, 0.29) is 0 Å². The van der Waals surface area contributed by atoms with Crippen LogP contribution >= 0.6 is 0 Å². The minimum absolute atomic E-state index is 0.916. The van der Waals surface area contributed by atoms with Crippen LogP contribution in [0.2, 0.25) is 0 Å². The van der Waals surface area contributed by atoms with Gasteiger partial charge < -0.3 is 9.47 Å². The van der Waals surface area contributed by atoms with Gasteiger partial charge in [-0.3, -0.25) is 0 Å². The van der Waals surface area contributed by atoms with Gasteiger partial charge in [-0.05, 0) is 61.1 Å². The molecule has 0 saturated heterocycles. The summed E-state index contributed by atoms with van der Waals surface area (Å²) in [5.41, 5.74) is 2.70. The lowest BCUT2D eigenvalue weighted by Crippen LogP contribution is -1.86. The third kappa shape index (κ3) is 5.28. The molecule has 0 aliphatic rings. The zero-order valence-electron chi connectivity index (χ0n) is 13.4. The van der Waals surface area contributed by atoms with Crippen molar-refractivity contribution in [3.05, 3.63) is 71.8 Å². The molecule has 0 heterocycles. The van der Waals surface area contributed by atoms with Gasteiger partial charge in [0, 0.05) is 0 Å². The van der Waals surface area contributed by atoms with E-state index >= 15 is 0 Å². The number of benzene rings is 2. The Kier molecular flexibility index (Phi) is 6.56. The fourth-order valence-corrected chi connectivity index (χ4v) is 2.32. The van der Waals surface area contributed by atoms with Gasteiger partial charge in [0.15, 0.2) is 0 Å². The van der Waals surface area contributed by atoms with Gasteiger partial charge in [-0.1, -0.05) is 36.4 Å². The number of hydrogen-bond acceptors (Lipinski definition) is 2. The molecular weight excluding hydrogens is 272 g/mol. The summed E-state index contributed by atoms with van der Waals surface area (Å²) in [6.07, 6.45) is 8.84. The van der Waals surface area contributed by atoms with Crippen LogP contribution in [-0.2, 0) is 12.8 Å². The van der Waals surface area contributed by atoms with Crippen molar-refractivity contribution in [1.82, 2.24) is 0 Å². The summed E-state index contributed by atoms with van der Waals surface area (Å²) in [6, 6.07) is 16.6. The van der Waals surface area contributed by atoms with Gasteiger partial charge in [0.25, 0.3) is 0 Å². The van der Waals surface area contributed by atoms with E-state index in [1.807, 2.05) is 24.3 Å². The Morgan fingerprint density at radius 2 is 1.00 bits per heavy atom. The van der Waals surface area contributed by atoms with Crippen LogP contribution in [0.3, 0.4) is 0 Å². The highest BCUT2D eigenvalue weighted by molar-refractivity contribution is 5.28. The third-order valence-electron chi connectivity index (χ3n) is 3.68. The third-order valence-corrected chi connectivity index (χ3v) is 3.68. The molecule has 0 fully saturated rings. The summed E-state index contributed by atoms with van der Waals surface area (Å²) in [7, 11) is 3.39. The first-order valence-corrected chi connectivity index (χ1v) is 7.72. The molecule has 0 aliphatic carbocycles. The monoisotopic (exact) mass is 296 g/mol. The standard InChI is InChI=1S/C20H24O2/c1-21-19-13-9-17(10-14-19)7-5-3-4-6-8-18-11-15-20(22-2)16-12-18/h3-4,9-16H,5-8H2,1-2H3/b4-3+. The number of rotatable bonds is 8. The van der Waals surface area contributed by atoms with Crippen molar-refractivity contribution in [1.29, 1.82) is 0 Å². The van der Waals surface area contributed by atoms with Crippen molar-refractivity contribution in [3.8, 4) is 11.5 Å². The SMILES string of the molecule is COc1ccc(CC/C=C/CCc2ccc(OC)cc2)cc1. The van der Waals surface area contributed by atoms with Crippen molar-refractivity contribution >= 4 is 0 Å². The average Bonchev–Trinajstić information content (AvgIpc) is 2.59. The van der Waals surface area contributed by atoms with E-state index < -0.39 is 0 Å². The van der Waals surface area contributed by atoms with Crippen LogP contribution in [-0.4, -0.2) is 14.2 Å². The van der Waals surface area contributed by atoms with Gasteiger partial charge in [-0.2, -0.15) is 0 Å².